The highest BCUT2D eigenvalue weighted by Crippen LogP contribution is 2.26. The molecule has 74 valence electrons. The van der Waals surface area contributed by atoms with E-state index in [9.17, 15) is 0 Å². The van der Waals surface area contributed by atoms with Gasteiger partial charge in [0.15, 0.2) is 0 Å². The van der Waals surface area contributed by atoms with Gasteiger partial charge < -0.3 is 9.73 Å². The molecule has 1 aromatic heterocycles. The van der Waals surface area contributed by atoms with E-state index in [4.69, 9.17) is 4.42 Å². The summed E-state index contributed by atoms with van der Waals surface area (Å²) in [4.78, 5) is 1.26. The van der Waals surface area contributed by atoms with Crippen LogP contribution >= 0.6 is 11.8 Å². The Balaban J connectivity index is 2.36. The van der Waals surface area contributed by atoms with Crippen molar-refractivity contribution in [3.8, 4) is 0 Å². The van der Waals surface area contributed by atoms with Crippen molar-refractivity contribution in [2.75, 3.05) is 13.1 Å². The Labute approximate surface area is 84.1 Å². The van der Waals surface area contributed by atoms with Gasteiger partial charge in [0.25, 0.3) is 0 Å². The molecule has 1 heterocycles. The van der Waals surface area contributed by atoms with E-state index in [1.54, 1.807) is 6.26 Å². The average molecular weight is 199 g/mol. The van der Waals surface area contributed by atoms with Crippen molar-refractivity contribution in [1.29, 1.82) is 0 Å². The third kappa shape index (κ3) is 3.44. The van der Waals surface area contributed by atoms with Gasteiger partial charge in [0.1, 0.15) is 5.76 Å². The topological polar surface area (TPSA) is 25.2 Å². The third-order valence-electron chi connectivity index (χ3n) is 1.82. The first-order chi connectivity index (χ1) is 6.24. The Morgan fingerprint density at radius 3 is 2.92 bits per heavy atom. The molecule has 1 unspecified atom stereocenters. The van der Waals surface area contributed by atoms with Crippen LogP contribution in [-0.2, 0) is 0 Å². The van der Waals surface area contributed by atoms with Gasteiger partial charge in [0, 0.05) is 16.7 Å². The van der Waals surface area contributed by atoms with Crippen molar-refractivity contribution in [3.05, 3.63) is 18.1 Å². The Morgan fingerprint density at radius 1 is 1.62 bits per heavy atom. The van der Waals surface area contributed by atoms with E-state index in [1.807, 2.05) is 24.8 Å². The van der Waals surface area contributed by atoms with Gasteiger partial charge in [-0.3, -0.25) is 0 Å². The molecule has 0 aliphatic heterocycles. The molecule has 0 radical (unpaired) electrons. The molecule has 1 rings (SSSR count). The van der Waals surface area contributed by atoms with Crippen molar-refractivity contribution in [3.63, 3.8) is 0 Å². The minimum Gasteiger partial charge on any atom is -0.468 e. The SMILES string of the molecule is CCNCC(C)Sc1ccoc1C. The Bertz CT molecular complexity index is 247. The van der Waals surface area contributed by atoms with Crippen LogP contribution in [0.2, 0.25) is 0 Å². The van der Waals surface area contributed by atoms with Crippen LogP contribution in [0, 0.1) is 6.92 Å². The summed E-state index contributed by atoms with van der Waals surface area (Å²) in [5.41, 5.74) is 0. The zero-order valence-corrected chi connectivity index (χ0v) is 9.28. The van der Waals surface area contributed by atoms with E-state index in [1.165, 1.54) is 4.90 Å². The van der Waals surface area contributed by atoms with Crippen LogP contribution < -0.4 is 5.32 Å². The number of thioether (sulfide) groups is 1. The smallest absolute Gasteiger partial charge is 0.114 e. The largest absolute Gasteiger partial charge is 0.468 e. The summed E-state index contributed by atoms with van der Waals surface area (Å²) in [6.07, 6.45) is 1.75. The Morgan fingerprint density at radius 2 is 2.38 bits per heavy atom. The fraction of sp³-hybridized carbons (Fsp3) is 0.600. The van der Waals surface area contributed by atoms with Gasteiger partial charge in [-0.25, -0.2) is 0 Å². The van der Waals surface area contributed by atoms with Crippen LogP contribution in [0.1, 0.15) is 19.6 Å². The first-order valence-electron chi connectivity index (χ1n) is 4.65. The summed E-state index contributed by atoms with van der Waals surface area (Å²) < 4.78 is 5.23. The highest BCUT2D eigenvalue weighted by molar-refractivity contribution is 8.00. The highest BCUT2D eigenvalue weighted by atomic mass is 32.2. The molecule has 0 aliphatic carbocycles. The number of furan rings is 1. The average Bonchev–Trinajstić information content (AvgIpc) is 2.48. The molecule has 1 N–H and O–H groups in total. The summed E-state index contributed by atoms with van der Waals surface area (Å²) in [6, 6.07) is 2.03. The monoisotopic (exact) mass is 199 g/mol. The van der Waals surface area contributed by atoms with Crippen LogP contribution in [0.4, 0.5) is 0 Å². The molecule has 0 saturated carbocycles. The number of hydrogen-bond acceptors (Lipinski definition) is 3. The van der Waals surface area contributed by atoms with E-state index < -0.39 is 0 Å². The van der Waals surface area contributed by atoms with Gasteiger partial charge >= 0.3 is 0 Å². The number of hydrogen-bond donors (Lipinski definition) is 1. The summed E-state index contributed by atoms with van der Waals surface area (Å²) in [7, 11) is 0. The molecule has 1 atom stereocenters. The molecular formula is C10H17NOS. The van der Waals surface area contributed by atoms with Crippen LogP contribution in [0.15, 0.2) is 21.6 Å². The summed E-state index contributed by atoms with van der Waals surface area (Å²) in [5.74, 6) is 1.02. The van der Waals surface area contributed by atoms with Crippen LogP contribution in [0.3, 0.4) is 0 Å². The molecule has 0 bridgehead atoms. The molecule has 0 amide bonds. The summed E-state index contributed by atoms with van der Waals surface area (Å²) in [5, 5.41) is 3.92. The van der Waals surface area contributed by atoms with Crippen LogP contribution in [0.25, 0.3) is 0 Å². The van der Waals surface area contributed by atoms with Crippen molar-refractivity contribution >= 4 is 11.8 Å². The lowest BCUT2D eigenvalue weighted by molar-refractivity contribution is 0.526. The van der Waals surface area contributed by atoms with Gasteiger partial charge in [-0.2, -0.15) is 0 Å². The van der Waals surface area contributed by atoms with Gasteiger partial charge in [-0.05, 0) is 19.5 Å². The Hall–Kier alpha value is -0.410. The van der Waals surface area contributed by atoms with Crippen molar-refractivity contribution in [2.24, 2.45) is 0 Å². The van der Waals surface area contributed by atoms with Crippen molar-refractivity contribution in [2.45, 2.75) is 30.9 Å². The summed E-state index contributed by atoms with van der Waals surface area (Å²) in [6.45, 7) is 8.43. The lowest BCUT2D eigenvalue weighted by Gasteiger charge is -2.10. The summed E-state index contributed by atoms with van der Waals surface area (Å²) >= 11 is 1.86. The fourth-order valence-electron chi connectivity index (χ4n) is 1.10. The van der Waals surface area contributed by atoms with Crippen molar-refractivity contribution in [1.82, 2.24) is 5.32 Å². The number of aryl methyl sites for hydroxylation is 1. The van der Waals surface area contributed by atoms with E-state index in [0.717, 1.165) is 18.8 Å². The normalized spacial score (nSPS) is 13.2. The lowest BCUT2D eigenvalue weighted by atomic mass is 10.4. The molecule has 2 nitrogen and oxygen atoms in total. The molecule has 13 heavy (non-hydrogen) atoms. The first kappa shape index (κ1) is 10.7. The standard InChI is InChI=1S/C10H17NOS/c1-4-11-7-8(2)13-10-5-6-12-9(10)3/h5-6,8,11H,4,7H2,1-3H3. The van der Waals surface area contributed by atoms with Crippen LogP contribution in [-0.4, -0.2) is 18.3 Å². The van der Waals surface area contributed by atoms with Crippen LogP contribution in [0.5, 0.6) is 0 Å². The first-order valence-corrected chi connectivity index (χ1v) is 5.53. The van der Waals surface area contributed by atoms with E-state index in [-0.39, 0.29) is 0 Å². The van der Waals surface area contributed by atoms with Gasteiger partial charge in [-0.15, -0.1) is 11.8 Å². The number of rotatable bonds is 5. The Kier molecular flexibility index (Phi) is 4.39. The second kappa shape index (κ2) is 5.35. The second-order valence-corrected chi connectivity index (χ2v) is 4.56. The minimum atomic E-state index is 0.594. The fourth-order valence-corrected chi connectivity index (χ4v) is 2.08. The van der Waals surface area contributed by atoms with E-state index in [0.29, 0.717) is 5.25 Å². The van der Waals surface area contributed by atoms with E-state index in [2.05, 4.69) is 19.2 Å². The van der Waals surface area contributed by atoms with Gasteiger partial charge in [0.2, 0.25) is 0 Å². The minimum absolute atomic E-state index is 0.594. The maximum Gasteiger partial charge on any atom is 0.114 e. The van der Waals surface area contributed by atoms with E-state index >= 15 is 0 Å². The second-order valence-electron chi connectivity index (χ2n) is 3.08. The highest BCUT2D eigenvalue weighted by Gasteiger charge is 2.07. The molecule has 3 heteroatoms. The van der Waals surface area contributed by atoms with Gasteiger partial charge in [0.05, 0.1) is 6.26 Å². The molecule has 0 saturated heterocycles. The third-order valence-corrected chi connectivity index (χ3v) is 3.07. The molecule has 0 aromatic carbocycles. The molecule has 0 fully saturated rings. The maximum absolute atomic E-state index is 5.23. The predicted octanol–water partition coefficient (Wildman–Crippen LogP) is 2.68. The maximum atomic E-state index is 5.23. The molecule has 0 aliphatic rings. The quantitative estimate of drug-likeness (QED) is 0.738. The predicted molar refractivity (Wildman–Crippen MR) is 57.3 cm³/mol. The lowest BCUT2D eigenvalue weighted by Crippen LogP contribution is -2.21. The van der Waals surface area contributed by atoms with Crippen molar-refractivity contribution < 1.29 is 4.42 Å². The molecule has 1 aromatic rings. The zero-order chi connectivity index (χ0) is 9.68. The molecule has 0 spiro atoms. The number of nitrogens with one attached hydrogen (secondary N) is 1. The molecular weight excluding hydrogens is 182 g/mol. The zero-order valence-electron chi connectivity index (χ0n) is 8.46. The van der Waals surface area contributed by atoms with Gasteiger partial charge in [-0.1, -0.05) is 13.8 Å².